The molecule has 2 aliphatic rings. The molecular formula is C26H33N5O4. The zero-order chi connectivity index (χ0) is 24.4. The summed E-state index contributed by atoms with van der Waals surface area (Å²) >= 11 is 0. The summed E-state index contributed by atoms with van der Waals surface area (Å²) in [4.78, 5) is 34.8. The van der Waals surface area contributed by atoms with Crippen molar-refractivity contribution in [3.63, 3.8) is 0 Å². The number of aryl methyl sites for hydroxylation is 1. The Bertz CT molecular complexity index is 1170. The van der Waals surface area contributed by atoms with Crippen molar-refractivity contribution < 1.29 is 18.7 Å². The van der Waals surface area contributed by atoms with E-state index in [0.717, 1.165) is 42.7 Å². The summed E-state index contributed by atoms with van der Waals surface area (Å²) in [5.41, 5.74) is 8.45. The number of carbonyl (C=O) groups is 2. The number of nitrogens with zero attached hydrogens (tertiary/aromatic N) is 4. The smallest absolute Gasteiger partial charge is 0.289 e. The van der Waals surface area contributed by atoms with Crippen LogP contribution >= 0.6 is 0 Å². The number of imidazole rings is 1. The summed E-state index contributed by atoms with van der Waals surface area (Å²) in [5, 5.41) is 0. The summed E-state index contributed by atoms with van der Waals surface area (Å²) in [5.74, 6) is 0.858. The van der Waals surface area contributed by atoms with Crippen molar-refractivity contribution in [1.82, 2.24) is 19.4 Å². The fourth-order valence-electron chi connectivity index (χ4n) is 5.44. The number of carbonyl (C=O) groups excluding carboxylic acids is 2. The van der Waals surface area contributed by atoms with Crippen LogP contribution in [0.25, 0.3) is 11.0 Å². The van der Waals surface area contributed by atoms with Crippen LogP contribution in [0.3, 0.4) is 0 Å². The van der Waals surface area contributed by atoms with Crippen LogP contribution < -0.4 is 5.73 Å². The number of piperidine rings is 1. The standard InChI is InChI=1S/C26H33N5O4/c1-34-13-6-12-31-22-9-3-2-8-21(22)28-24(31)18-7-4-11-29(15-18)25(32)19-16-30(17-20(19)27)26(33)23-10-5-14-35-23/h2-3,5,8-10,14,18-20H,4,6-7,11-13,15-17,27H2,1H3/t18?,19-,20-/m1/s1. The highest BCUT2D eigenvalue weighted by molar-refractivity contribution is 5.92. The second kappa shape index (κ2) is 10.2. The van der Waals surface area contributed by atoms with Gasteiger partial charge in [0.05, 0.1) is 23.2 Å². The second-order valence-electron chi connectivity index (χ2n) is 9.54. The summed E-state index contributed by atoms with van der Waals surface area (Å²) in [6, 6.07) is 11.1. The van der Waals surface area contributed by atoms with E-state index < -0.39 is 5.92 Å². The Morgan fingerprint density at radius 2 is 2.00 bits per heavy atom. The molecule has 1 unspecified atom stereocenters. The van der Waals surface area contributed by atoms with Crippen LogP contribution in [-0.4, -0.2) is 77.1 Å². The summed E-state index contributed by atoms with van der Waals surface area (Å²) in [6.07, 6.45) is 4.27. The Hall–Kier alpha value is -3.17. The number of furan rings is 1. The minimum Gasteiger partial charge on any atom is -0.459 e. The lowest BCUT2D eigenvalue weighted by molar-refractivity contribution is -0.136. The monoisotopic (exact) mass is 479 g/mol. The lowest BCUT2D eigenvalue weighted by Gasteiger charge is -2.35. The fourth-order valence-corrected chi connectivity index (χ4v) is 5.44. The van der Waals surface area contributed by atoms with Gasteiger partial charge in [-0.2, -0.15) is 0 Å². The summed E-state index contributed by atoms with van der Waals surface area (Å²) in [6.45, 7) is 3.49. The summed E-state index contributed by atoms with van der Waals surface area (Å²) in [7, 11) is 1.72. The first-order valence-corrected chi connectivity index (χ1v) is 12.4. The molecule has 0 bridgehead atoms. The first-order valence-electron chi connectivity index (χ1n) is 12.4. The molecule has 2 aromatic heterocycles. The minimum absolute atomic E-state index is 0.0268. The van der Waals surface area contributed by atoms with Gasteiger partial charge in [0.15, 0.2) is 5.76 Å². The van der Waals surface area contributed by atoms with E-state index in [2.05, 4.69) is 10.6 Å². The number of hydrogen-bond donors (Lipinski definition) is 1. The molecular weight excluding hydrogens is 446 g/mol. The minimum atomic E-state index is -0.409. The molecule has 5 rings (SSSR count). The maximum absolute atomic E-state index is 13.6. The van der Waals surface area contributed by atoms with Crippen LogP contribution in [0.15, 0.2) is 47.1 Å². The van der Waals surface area contributed by atoms with E-state index >= 15 is 0 Å². The largest absolute Gasteiger partial charge is 0.459 e. The molecule has 2 aliphatic heterocycles. The number of likely N-dealkylation sites (tertiary alicyclic amines) is 2. The molecule has 35 heavy (non-hydrogen) atoms. The number of fused-ring (bicyclic) bond motifs is 1. The zero-order valence-corrected chi connectivity index (χ0v) is 20.1. The van der Waals surface area contributed by atoms with Crippen molar-refractivity contribution in [1.29, 1.82) is 0 Å². The average Bonchev–Trinajstić information content (AvgIpc) is 3.63. The molecule has 0 spiro atoms. The van der Waals surface area contributed by atoms with Gasteiger partial charge in [0.1, 0.15) is 5.82 Å². The SMILES string of the molecule is COCCCn1c(C2CCCN(C(=O)[C@@H]3CN(C(=O)c4ccco4)C[C@H]3N)C2)nc2ccccc21. The van der Waals surface area contributed by atoms with E-state index in [0.29, 0.717) is 32.8 Å². The van der Waals surface area contributed by atoms with Gasteiger partial charge in [-0.15, -0.1) is 0 Å². The number of rotatable bonds is 7. The Balaban J connectivity index is 1.31. The number of aromatic nitrogens is 2. The van der Waals surface area contributed by atoms with Crippen molar-refractivity contribution in [3.05, 3.63) is 54.2 Å². The molecule has 0 saturated carbocycles. The lowest BCUT2D eigenvalue weighted by Crippen LogP contribution is -2.47. The second-order valence-corrected chi connectivity index (χ2v) is 9.54. The Morgan fingerprint density at radius 1 is 1.14 bits per heavy atom. The topological polar surface area (TPSA) is 107 Å². The van der Waals surface area contributed by atoms with Gasteiger partial charge in [0, 0.05) is 58.4 Å². The third-order valence-corrected chi connectivity index (χ3v) is 7.21. The first-order chi connectivity index (χ1) is 17.1. The number of nitrogens with two attached hydrogens (primary N) is 1. The molecule has 3 atom stereocenters. The van der Waals surface area contributed by atoms with E-state index in [1.165, 1.54) is 6.26 Å². The molecule has 2 amide bonds. The highest BCUT2D eigenvalue weighted by atomic mass is 16.5. The quantitative estimate of drug-likeness (QED) is 0.522. The van der Waals surface area contributed by atoms with E-state index in [1.54, 1.807) is 24.1 Å². The van der Waals surface area contributed by atoms with E-state index in [-0.39, 0.29) is 29.5 Å². The van der Waals surface area contributed by atoms with E-state index in [1.807, 2.05) is 23.1 Å². The molecule has 9 nitrogen and oxygen atoms in total. The third kappa shape index (κ3) is 4.70. The van der Waals surface area contributed by atoms with Gasteiger partial charge >= 0.3 is 0 Å². The van der Waals surface area contributed by atoms with E-state index in [9.17, 15) is 9.59 Å². The van der Waals surface area contributed by atoms with Crippen LogP contribution in [0.5, 0.6) is 0 Å². The van der Waals surface area contributed by atoms with Gasteiger partial charge in [0.2, 0.25) is 5.91 Å². The van der Waals surface area contributed by atoms with Crippen LogP contribution in [0.1, 0.15) is 41.6 Å². The fraction of sp³-hybridized carbons (Fsp3) is 0.500. The maximum atomic E-state index is 13.6. The average molecular weight is 480 g/mol. The van der Waals surface area contributed by atoms with Crippen LogP contribution in [0.4, 0.5) is 0 Å². The molecule has 4 heterocycles. The number of methoxy groups -OCH3 is 1. The number of ether oxygens (including phenoxy) is 1. The highest BCUT2D eigenvalue weighted by Gasteiger charge is 2.41. The molecule has 186 valence electrons. The predicted molar refractivity (Wildman–Crippen MR) is 131 cm³/mol. The normalized spacial score (nSPS) is 22.7. The number of para-hydroxylation sites is 2. The molecule has 2 fully saturated rings. The number of benzene rings is 1. The molecule has 9 heteroatoms. The van der Waals surface area contributed by atoms with Crippen LogP contribution in [-0.2, 0) is 16.1 Å². The molecule has 2 saturated heterocycles. The van der Waals surface area contributed by atoms with Gasteiger partial charge < -0.3 is 29.3 Å². The van der Waals surface area contributed by atoms with Crippen LogP contribution in [0.2, 0.25) is 0 Å². The predicted octanol–water partition coefficient (Wildman–Crippen LogP) is 2.47. The van der Waals surface area contributed by atoms with Crippen molar-refractivity contribution in [3.8, 4) is 0 Å². The highest BCUT2D eigenvalue weighted by Crippen LogP contribution is 2.31. The van der Waals surface area contributed by atoms with E-state index in [4.69, 9.17) is 19.9 Å². The van der Waals surface area contributed by atoms with Crippen molar-refractivity contribution in [2.75, 3.05) is 39.9 Å². The van der Waals surface area contributed by atoms with Crippen molar-refractivity contribution in [2.45, 2.75) is 37.8 Å². The first kappa shape index (κ1) is 23.6. The molecule has 3 aromatic rings. The molecule has 0 aliphatic carbocycles. The van der Waals surface area contributed by atoms with Crippen molar-refractivity contribution in [2.24, 2.45) is 11.7 Å². The molecule has 0 radical (unpaired) electrons. The number of amides is 2. The van der Waals surface area contributed by atoms with Gasteiger partial charge in [-0.3, -0.25) is 9.59 Å². The Labute approximate surface area is 204 Å². The molecule has 2 N–H and O–H groups in total. The van der Waals surface area contributed by atoms with Gasteiger partial charge in [-0.25, -0.2) is 4.98 Å². The zero-order valence-electron chi connectivity index (χ0n) is 20.1. The Morgan fingerprint density at radius 3 is 2.80 bits per heavy atom. The number of hydrogen-bond acceptors (Lipinski definition) is 6. The maximum Gasteiger partial charge on any atom is 0.289 e. The Kier molecular flexibility index (Phi) is 6.88. The van der Waals surface area contributed by atoms with Crippen molar-refractivity contribution >= 4 is 22.8 Å². The van der Waals surface area contributed by atoms with Gasteiger partial charge in [0.25, 0.3) is 5.91 Å². The van der Waals surface area contributed by atoms with Gasteiger partial charge in [-0.1, -0.05) is 12.1 Å². The third-order valence-electron chi connectivity index (χ3n) is 7.21. The summed E-state index contributed by atoms with van der Waals surface area (Å²) < 4.78 is 12.8. The molecule has 1 aromatic carbocycles. The van der Waals surface area contributed by atoms with Crippen LogP contribution in [0, 0.1) is 5.92 Å². The van der Waals surface area contributed by atoms with Gasteiger partial charge in [-0.05, 0) is 43.5 Å². The lowest BCUT2D eigenvalue weighted by atomic mass is 9.94.